The minimum atomic E-state index is -1.36. The number of esters is 1. The lowest BCUT2D eigenvalue weighted by molar-refractivity contribution is -0.161. The molecule has 1 aromatic rings. The molecule has 158 valence electrons. The molecule has 7 heteroatoms. The summed E-state index contributed by atoms with van der Waals surface area (Å²) in [4.78, 5) is 24.7. The number of aryl methyl sites for hydroxylation is 1. The minimum Gasteiger partial charge on any atom is -0.459 e. The maximum absolute atomic E-state index is 12.3. The first kappa shape index (κ1) is 24.5. The van der Waals surface area contributed by atoms with Gasteiger partial charge in [0, 0.05) is 17.7 Å². The summed E-state index contributed by atoms with van der Waals surface area (Å²) in [5.74, 6) is -1.78. The van der Waals surface area contributed by atoms with E-state index in [0.717, 1.165) is 5.56 Å². The van der Waals surface area contributed by atoms with Crippen LogP contribution in [0.3, 0.4) is 0 Å². The molecule has 0 fully saturated rings. The molecule has 0 radical (unpaired) electrons. The van der Waals surface area contributed by atoms with Gasteiger partial charge in [-0.2, -0.15) is 0 Å². The van der Waals surface area contributed by atoms with Crippen molar-refractivity contribution in [1.82, 2.24) is 0 Å². The molecule has 0 aliphatic carbocycles. The Hall–Kier alpha value is -1.57. The number of ketones is 1. The third-order valence-corrected chi connectivity index (χ3v) is 5.62. The lowest BCUT2D eigenvalue weighted by atomic mass is 9.98. The number of carbonyl (C=O) groups is 2. The normalized spacial score (nSPS) is 16.1. The van der Waals surface area contributed by atoms with Crippen LogP contribution in [0.25, 0.3) is 0 Å². The van der Waals surface area contributed by atoms with E-state index in [1.54, 1.807) is 32.9 Å². The quantitative estimate of drug-likeness (QED) is 0.452. The molecule has 0 saturated carbocycles. The zero-order chi connectivity index (χ0) is 21.5. The van der Waals surface area contributed by atoms with Gasteiger partial charge in [0.2, 0.25) is 0 Å². The number of rotatable bonds is 10. The average molecular weight is 413 g/mol. The Bertz CT molecular complexity index is 677. The number of hydrogen-bond donors (Lipinski definition) is 2. The van der Waals surface area contributed by atoms with Gasteiger partial charge in [0.25, 0.3) is 0 Å². The summed E-state index contributed by atoms with van der Waals surface area (Å²) in [5, 5.41) is 20.2. The van der Waals surface area contributed by atoms with Crippen molar-refractivity contribution >= 4 is 22.6 Å². The first-order chi connectivity index (χ1) is 12.9. The molecule has 0 aliphatic heterocycles. The molecule has 0 saturated heterocycles. The largest absolute Gasteiger partial charge is 0.459 e. The number of carbonyl (C=O) groups excluding carboxylic acids is 2. The van der Waals surface area contributed by atoms with Crippen LogP contribution in [0.15, 0.2) is 29.2 Å². The van der Waals surface area contributed by atoms with Gasteiger partial charge in [0.15, 0.2) is 0 Å². The van der Waals surface area contributed by atoms with Crippen molar-refractivity contribution in [2.75, 3.05) is 5.75 Å². The van der Waals surface area contributed by atoms with Gasteiger partial charge in [-0.25, -0.2) is 0 Å². The van der Waals surface area contributed by atoms with E-state index in [1.807, 2.05) is 19.1 Å². The van der Waals surface area contributed by atoms with Gasteiger partial charge in [-0.05, 0) is 53.2 Å². The second-order valence-corrected chi connectivity index (χ2v) is 9.62. The summed E-state index contributed by atoms with van der Waals surface area (Å²) in [6.45, 7) is 8.61. The van der Waals surface area contributed by atoms with Gasteiger partial charge in [0.1, 0.15) is 17.3 Å². The van der Waals surface area contributed by atoms with Gasteiger partial charge < -0.3 is 14.9 Å². The van der Waals surface area contributed by atoms with Crippen LogP contribution in [0, 0.1) is 12.8 Å². The van der Waals surface area contributed by atoms with Crippen LogP contribution in [-0.4, -0.2) is 49.7 Å². The van der Waals surface area contributed by atoms with E-state index in [4.69, 9.17) is 4.74 Å². The second-order valence-electron chi connectivity index (χ2n) is 8.13. The molecule has 2 N–H and O–H groups in total. The van der Waals surface area contributed by atoms with Crippen LogP contribution in [0.5, 0.6) is 0 Å². The number of ether oxygens (including phenoxy) is 1. The Morgan fingerprint density at radius 3 is 2.21 bits per heavy atom. The molecule has 0 aromatic heterocycles. The fourth-order valence-corrected chi connectivity index (χ4v) is 3.63. The zero-order valence-electron chi connectivity index (χ0n) is 17.3. The molecule has 0 amide bonds. The summed E-state index contributed by atoms with van der Waals surface area (Å²) < 4.78 is 17.4. The van der Waals surface area contributed by atoms with Gasteiger partial charge >= 0.3 is 5.97 Å². The standard InChI is InChI=1S/C21H32O6S/c1-14-6-9-18(10-7-14)28(26)13-17(23)12-16(22)8-11-19(24)15(2)20(25)27-21(3,4)5/h6-7,9-10,15-17,22-23H,8,11-13H2,1-5H3/t15?,16-,17-,28+/m0/s1. The average Bonchev–Trinajstić information content (AvgIpc) is 2.57. The lowest BCUT2D eigenvalue weighted by Crippen LogP contribution is -2.31. The number of Topliss-reactive ketones (excluding diaryl/α,β-unsaturated/α-hetero) is 1. The van der Waals surface area contributed by atoms with Gasteiger partial charge in [-0.3, -0.25) is 13.8 Å². The Labute approximate surface area is 169 Å². The van der Waals surface area contributed by atoms with Crippen molar-refractivity contribution in [3.8, 4) is 0 Å². The molecular formula is C21H32O6S. The molecule has 1 rings (SSSR count). The van der Waals surface area contributed by atoms with E-state index in [-0.39, 0.29) is 30.8 Å². The van der Waals surface area contributed by atoms with Crippen molar-refractivity contribution in [1.29, 1.82) is 0 Å². The summed E-state index contributed by atoms with van der Waals surface area (Å²) in [7, 11) is -1.36. The Balaban J connectivity index is 2.41. The number of benzene rings is 1. The highest BCUT2D eigenvalue weighted by Gasteiger charge is 2.27. The summed E-state index contributed by atoms with van der Waals surface area (Å²) >= 11 is 0. The number of hydrogen-bond acceptors (Lipinski definition) is 6. The smallest absolute Gasteiger partial charge is 0.316 e. The first-order valence-corrected chi connectivity index (χ1v) is 10.8. The Morgan fingerprint density at radius 2 is 1.68 bits per heavy atom. The van der Waals surface area contributed by atoms with E-state index in [0.29, 0.717) is 4.90 Å². The molecule has 4 atom stereocenters. The molecule has 0 spiro atoms. The molecule has 1 unspecified atom stereocenters. The van der Waals surface area contributed by atoms with Gasteiger partial charge in [-0.15, -0.1) is 0 Å². The van der Waals surface area contributed by atoms with Gasteiger partial charge in [-0.1, -0.05) is 17.7 Å². The summed E-state index contributed by atoms with van der Waals surface area (Å²) in [6.07, 6.45) is -1.71. The van der Waals surface area contributed by atoms with Crippen LogP contribution < -0.4 is 0 Å². The number of aliphatic hydroxyl groups excluding tert-OH is 2. The lowest BCUT2D eigenvalue weighted by Gasteiger charge is -2.22. The molecule has 0 bridgehead atoms. The highest BCUT2D eigenvalue weighted by Crippen LogP contribution is 2.16. The summed E-state index contributed by atoms with van der Waals surface area (Å²) in [5.41, 5.74) is 0.393. The van der Waals surface area contributed by atoms with Crippen molar-refractivity contribution in [2.45, 2.75) is 76.6 Å². The molecule has 0 heterocycles. The Morgan fingerprint density at radius 1 is 1.11 bits per heavy atom. The monoisotopic (exact) mass is 412 g/mol. The molecule has 6 nitrogen and oxygen atoms in total. The second kappa shape index (κ2) is 10.8. The fraction of sp³-hybridized carbons (Fsp3) is 0.619. The van der Waals surface area contributed by atoms with E-state index in [9.17, 15) is 24.0 Å². The van der Waals surface area contributed by atoms with E-state index in [1.165, 1.54) is 6.92 Å². The van der Waals surface area contributed by atoms with E-state index in [2.05, 4.69) is 0 Å². The van der Waals surface area contributed by atoms with E-state index < -0.39 is 40.5 Å². The molecule has 0 aliphatic rings. The highest BCUT2D eigenvalue weighted by molar-refractivity contribution is 7.85. The molecule has 1 aromatic carbocycles. The minimum absolute atomic E-state index is 0.00927. The van der Waals surface area contributed by atoms with Gasteiger partial charge in [0.05, 0.1) is 28.8 Å². The van der Waals surface area contributed by atoms with Crippen LogP contribution in [0.2, 0.25) is 0 Å². The van der Waals surface area contributed by atoms with Crippen molar-refractivity contribution < 1.29 is 28.7 Å². The topological polar surface area (TPSA) is 101 Å². The number of aliphatic hydroxyl groups is 2. The predicted molar refractivity (Wildman–Crippen MR) is 108 cm³/mol. The van der Waals surface area contributed by atoms with Crippen LogP contribution in [0.4, 0.5) is 0 Å². The third-order valence-electron chi connectivity index (χ3n) is 4.14. The maximum Gasteiger partial charge on any atom is 0.316 e. The third kappa shape index (κ3) is 9.08. The van der Waals surface area contributed by atoms with Crippen molar-refractivity contribution in [3.63, 3.8) is 0 Å². The highest BCUT2D eigenvalue weighted by atomic mass is 32.2. The van der Waals surface area contributed by atoms with Crippen LogP contribution >= 0.6 is 0 Å². The SMILES string of the molecule is Cc1ccc([S@](=O)C[C@@H](O)C[C@@H](O)CCC(=O)C(C)C(=O)OC(C)(C)C)cc1. The molecule has 28 heavy (non-hydrogen) atoms. The summed E-state index contributed by atoms with van der Waals surface area (Å²) in [6, 6.07) is 7.22. The fourth-order valence-electron chi connectivity index (χ4n) is 2.51. The maximum atomic E-state index is 12.3. The zero-order valence-corrected chi connectivity index (χ0v) is 18.1. The van der Waals surface area contributed by atoms with Crippen molar-refractivity contribution in [3.05, 3.63) is 29.8 Å². The Kier molecular flexibility index (Phi) is 9.47. The first-order valence-electron chi connectivity index (χ1n) is 9.45. The van der Waals surface area contributed by atoms with E-state index >= 15 is 0 Å². The van der Waals surface area contributed by atoms with Crippen LogP contribution in [-0.2, 0) is 25.1 Å². The predicted octanol–water partition coefficient (Wildman–Crippen LogP) is 2.54. The molecular weight excluding hydrogens is 380 g/mol. The van der Waals surface area contributed by atoms with Crippen molar-refractivity contribution in [2.24, 2.45) is 5.92 Å². The van der Waals surface area contributed by atoms with Crippen LogP contribution in [0.1, 0.15) is 52.5 Å².